The molecule has 1 fully saturated rings. The van der Waals surface area contributed by atoms with E-state index < -0.39 is 11.7 Å². The highest BCUT2D eigenvalue weighted by atomic mass is 35.5. The van der Waals surface area contributed by atoms with Gasteiger partial charge in [0.1, 0.15) is 6.61 Å². The maximum atomic E-state index is 13.3. The van der Waals surface area contributed by atoms with E-state index in [2.05, 4.69) is 11.9 Å². The first kappa shape index (κ1) is 23.9. The Morgan fingerprint density at radius 3 is 2.55 bits per heavy atom. The van der Waals surface area contributed by atoms with E-state index in [4.69, 9.17) is 16.3 Å². The number of halogens is 4. The molecule has 0 bridgehead atoms. The second-order valence-electron chi connectivity index (χ2n) is 8.83. The molecule has 1 aliphatic rings. The number of imidazole rings is 1. The molecule has 0 spiro atoms. The lowest BCUT2D eigenvalue weighted by atomic mass is 9.80. The van der Waals surface area contributed by atoms with Crippen LogP contribution in [0.25, 0.3) is 5.65 Å². The number of unbranched alkanes of at least 4 members (excludes halogenated alkanes) is 1. The van der Waals surface area contributed by atoms with E-state index in [-0.39, 0.29) is 35.1 Å². The van der Waals surface area contributed by atoms with Crippen LogP contribution in [-0.4, -0.2) is 15.4 Å². The van der Waals surface area contributed by atoms with Gasteiger partial charge in [-0.15, -0.1) is 0 Å². The van der Waals surface area contributed by atoms with Gasteiger partial charge in [-0.05, 0) is 43.6 Å². The SMILES string of the molecule is CCCCC1CCC(C(=O)OCc2c(C(C)C)nc3c(Cl)cc(C(F)(F)F)cn23)CC1. The number of fused-ring (bicyclic) bond motifs is 1. The second kappa shape index (κ2) is 9.80. The summed E-state index contributed by atoms with van der Waals surface area (Å²) in [6.07, 6.45) is 3.71. The molecule has 2 aromatic heterocycles. The first-order valence-electron chi connectivity index (χ1n) is 11.1. The Labute approximate surface area is 186 Å². The zero-order valence-corrected chi connectivity index (χ0v) is 19.0. The predicted octanol–water partition coefficient (Wildman–Crippen LogP) is 7.17. The molecule has 172 valence electrons. The summed E-state index contributed by atoms with van der Waals surface area (Å²) in [4.78, 5) is 17.1. The van der Waals surface area contributed by atoms with Gasteiger partial charge in [0.15, 0.2) is 5.65 Å². The van der Waals surface area contributed by atoms with Crippen LogP contribution < -0.4 is 0 Å². The summed E-state index contributed by atoms with van der Waals surface area (Å²) in [6.45, 7) is 5.84. The number of hydrogen-bond donors (Lipinski definition) is 0. The molecule has 4 nitrogen and oxygen atoms in total. The van der Waals surface area contributed by atoms with Crippen molar-refractivity contribution in [3.05, 3.63) is 34.2 Å². The van der Waals surface area contributed by atoms with Crippen LogP contribution in [0.3, 0.4) is 0 Å². The number of hydrogen-bond acceptors (Lipinski definition) is 3. The number of ether oxygens (including phenoxy) is 1. The highest BCUT2D eigenvalue weighted by Crippen LogP contribution is 2.35. The fourth-order valence-corrected chi connectivity index (χ4v) is 4.62. The largest absolute Gasteiger partial charge is 0.459 e. The number of pyridine rings is 1. The average molecular weight is 459 g/mol. The van der Waals surface area contributed by atoms with E-state index in [1.807, 2.05) is 13.8 Å². The molecule has 2 heterocycles. The van der Waals surface area contributed by atoms with Crippen molar-refractivity contribution in [2.75, 3.05) is 0 Å². The monoisotopic (exact) mass is 458 g/mol. The van der Waals surface area contributed by atoms with Crippen molar-refractivity contribution in [2.24, 2.45) is 11.8 Å². The number of carbonyl (C=O) groups excluding carboxylic acids is 1. The molecule has 0 atom stereocenters. The number of rotatable bonds is 7. The molecule has 0 aliphatic heterocycles. The Morgan fingerprint density at radius 2 is 1.97 bits per heavy atom. The van der Waals surface area contributed by atoms with Crippen LogP contribution >= 0.6 is 11.6 Å². The molecule has 3 rings (SSSR count). The van der Waals surface area contributed by atoms with Crippen molar-refractivity contribution >= 4 is 23.2 Å². The van der Waals surface area contributed by atoms with Gasteiger partial charge in [0, 0.05) is 6.20 Å². The van der Waals surface area contributed by atoms with Gasteiger partial charge in [-0.1, -0.05) is 51.6 Å². The summed E-state index contributed by atoms with van der Waals surface area (Å²) in [5.74, 6) is 0.191. The quantitative estimate of drug-likeness (QED) is 0.413. The molecule has 0 radical (unpaired) electrons. The highest BCUT2D eigenvalue weighted by Gasteiger charge is 2.33. The summed E-state index contributed by atoms with van der Waals surface area (Å²) in [7, 11) is 0. The van der Waals surface area contributed by atoms with E-state index in [9.17, 15) is 18.0 Å². The van der Waals surface area contributed by atoms with Crippen molar-refractivity contribution < 1.29 is 22.7 Å². The van der Waals surface area contributed by atoms with Gasteiger partial charge in [0.25, 0.3) is 0 Å². The fraction of sp³-hybridized carbons (Fsp3) is 0.652. The van der Waals surface area contributed by atoms with Crippen LogP contribution in [0.5, 0.6) is 0 Å². The van der Waals surface area contributed by atoms with Gasteiger partial charge in [-0.25, -0.2) is 4.98 Å². The van der Waals surface area contributed by atoms with Gasteiger partial charge in [-0.2, -0.15) is 13.2 Å². The summed E-state index contributed by atoms with van der Waals surface area (Å²) in [5.41, 5.74) is 0.386. The first-order valence-corrected chi connectivity index (χ1v) is 11.4. The topological polar surface area (TPSA) is 43.6 Å². The molecular formula is C23H30ClF3N2O2. The van der Waals surface area contributed by atoms with Crippen LogP contribution in [0.15, 0.2) is 12.3 Å². The highest BCUT2D eigenvalue weighted by molar-refractivity contribution is 6.33. The third-order valence-corrected chi connectivity index (χ3v) is 6.45. The third kappa shape index (κ3) is 5.54. The summed E-state index contributed by atoms with van der Waals surface area (Å²) >= 11 is 6.10. The minimum absolute atomic E-state index is 0.0620. The Hall–Kier alpha value is -1.76. The Kier molecular flexibility index (Phi) is 7.55. The van der Waals surface area contributed by atoms with Gasteiger partial charge in [-0.3, -0.25) is 9.20 Å². The van der Waals surface area contributed by atoms with E-state index >= 15 is 0 Å². The Balaban J connectivity index is 1.77. The lowest BCUT2D eigenvalue weighted by molar-refractivity contribution is -0.151. The van der Waals surface area contributed by atoms with Gasteiger partial charge in [0.05, 0.1) is 27.9 Å². The number of alkyl halides is 3. The Bertz CT molecular complexity index is 916. The van der Waals surface area contributed by atoms with Crippen molar-refractivity contribution in [1.29, 1.82) is 0 Å². The summed E-state index contributed by atoms with van der Waals surface area (Å²) in [6, 6.07) is 0.876. The number of esters is 1. The van der Waals surface area contributed by atoms with Gasteiger partial charge in [0.2, 0.25) is 0 Å². The minimum Gasteiger partial charge on any atom is -0.459 e. The molecule has 8 heteroatoms. The maximum Gasteiger partial charge on any atom is 0.417 e. The second-order valence-corrected chi connectivity index (χ2v) is 9.24. The Morgan fingerprint density at radius 1 is 1.29 bits per heavy atom. The summed E-state index contributed by atoms with van der Waals surface area (Å²) < 4.78 is 46.7. The van der Waals surface area contributed by atoms with E-state index in [1.54, 1.807) is 0 Å². The van der Waals surface area contributed by atoms with Gasteiger partial charge >= 0.3 is 12.1 Å². The predicted molar refractivity (Wildman–Crippen MR) is 114 cm³/mol. The number of aromatic nitrogens is 2. The van der Waals surface area contributed by atoms with Crippen molar-refractivity contribution in [2.45, 2.75) is 84.4 Å². The molecule has 2 aromatic rings. The normalized spacial score (nSPS) is 19.9. The number of carbonyl (C=O) groups is 1. The van der Waals surface area contributed by atoms with Crippen LogP contribution in [0.1, 0.15) is 88.6 Å². The molecule has 1 aliphatic carbocycles. The zero-order valence-electron chi connectivity index (χ0n) is 18.3. The van der Waals surface area contributed by atoms with Crippen LogP contribution in [0.2, 0.25) is 5.02 Å². The molecule has 1 saturated carbocycles. The molecule has 0 amide bonds. The zero-order chi connectivity index (χ0) is 22.8. The van der Waals surface area contributed by atoms with E-state index in [1.165, 1.54) is 23.7 Å². The lowest BCUT2D eigenvalue weighted by Gasteiger charge is -2.27. The average Bonchev–Trinajstić information content (AvgIpc) is 3.09. The summed E-state index contributed by atoms with van der Waals surface area (Å²) in [5, 5.41) is -0.0836. The van der Waals surface area contributed by atoms with Crippen molar-refractivity contribution in [3.63, 3.8) is 0 Å². The van der Waals surface area contributed by atoms with E-state index in [0.29, 0.717) is 17.3 Å². The van der Waals surface area contributed by atoms with E-state index in [0.717, 1.165) is 37.9 Å². The smallest absolute Gasteiger partial charge is 0.417 e. The van der Waals surface area contributed by atoms with Gasteiger partial charge < -0.3 is 4.74 Å². The number of nitrogens with zero attached hydrogens (tertiary/aromatic N) is 2. The lowest BCUT2D eigenvalue weighted by Crippen LogP contribution is -2.24. The van der Waals surface area contributed by atoms with Crippen LogP contribution in [0, 0.1) is 11.8 Å². The fourth-order valence-electron chi connectivity index (χ4n) is 4.37. The maximum absolute atomic E-state index is 13.3. The van der Waals surface area contributed by atoms with Crippen LogP contribution in [0.4, 0.5) is 13.2 Å². The third-order valence-electron chi connectivity index (χ3n) is 6.18. The molecule has 0 aromatic carbocycles. The molecule has 0 unspecified atom stereocenters. The molecule has 0 saturated heterocycles. The van der Waals surface area contributed by atoms with Crippen molar-refractivity contribution in [3.8, 4) is 0 Å². The van der Waals surface area contributed by atoms with Crippen LogP contribution in [-0.2, 0) is 22.3 Å². The standard InChI is InChI=1S/C23H30ClF3N2O2/c1-4-5-6-15-7-9-16(10-8-15)22(30)31-13-19-20(14(2)3)28-21-18(24)11-17(12-29(19)21)23(25,26)27/h11-12,14-16H,4-10,13H2,1-3H3. The molecule has 0 N–H and O–H groups in total. The first-order chi connectivity index (χ1) is 14.6. The minimum atomic E-state index is -4.54. The molecular weight excluding hydrogens is 429 g/mol. The molecule has 31 heavy (non-hydrogen) atoms. The van der Waals surface area contributed by atoms with Crippen molar-refractivity contribution in [1.82, 2.24) is 9.38 Å².